The molecule has 0 radical (unpaired) electrons. The predicted octanol–water partition coefficient (Wildman–Crippen LogP) is 0.926. The molecule has 20 heavy (non-hydrogen) atoms. The summed E-state index contributed by atoms with van der Waals surface area (Å²) in [6, 6.07) is 8.37. The van der Waals surface area contributed by atoms with Crippen molar-refractivity contribution in [1.29, 1.82) is 0 Å². The van der Waals surface area contributed by atoms with Gasteiger partial charge in [-0.05, 0) is 25.0 Å². The summed E-state index contributed by atoms with van der Waals surface area (Å²) in [5.74, 6) is 0.415. The summed E-state index contributed by atoms with van der Waals surface area (Å²) < 4.78 is 26.9. The topological polar surface area (TPSA) is 84.2 Å². The first-order valence-corrected chi connectivity index (χ1v) is 8.36. The Morgan fingerprint density at radius 3 is 2.25 bits per heavy atom. The average Bonchev–Trinajstić information content (AvgIpc) is 2.39. The van der Waals surface area contributed by atoms with E-state index < -0.39 is 10.0 Å². The Balaban J connectivity index is 2.56. The van der Waals surface area contributed by atoms with Crippen LogP contribution in [0, 0.1) is 5.92 Å². The molecular formula is C14H25N3O2S. The highest BCUT2D eigenvalue weighted by atomic mass is 32.2. The molecular weight excluding hydrogens is 274 g/mol. The van der Waals surface area contributed by atoms with E-state index in [1.807, 2.05) is 6.92 Å². The van der Waals surface area contributed by atoms with E-state index in [1.54, 1.807) is 30.3 Å². The maximum atomic E-state index is 12.1. The Labute approximate surface area is 122 Å². The van der Waals surface area contributed by atoms with E-state index in [0.717, 1.165) is 0 Å². The SMILES string of the molecule is CC(C)[C@@H](CN)NC[C@H](C)NS(=O)(=O)c1ccccc1. The van der Waals surface area contributed by atoms with Crippen molar-refractivity contribution in [2.75, 3.05) is 13.1 Å². The van der Waals surface area contributed by atoms with Crippen molar-refractivity contribution >= 4 is 10.0 Å². The molecule has 0 unspecified atom stereocenters. The summed E-state index contributed by atoms with van der Waals surface area (Å²) in [6.45, 7) is 7.09. The molecule has 6 heteroatoms. The molecule has 0 heterocycles. The van der Waals surface area contributed by atoms with Crippen molar-refractivity contribution in [3.8, 4) is 0 Å². The fraction of sp³-hybridized carbons (Fsp3) is 0.571. The Bertz CT molecular complexity index is 488. The summed E-state index contributed by atoms with van der Waals surface area (Å²) in [7, 11) is -3.46. The van der Waals surface area contributed by atoms with Crippen LogP contribution in [-0.4, -0.2) is 33.6 Å². The molecule has 0 saturated heterocycles. The second-order valence-corrected chi connectivity index (χ2v) is 7.04. The van der Waals surface area contributed by atoms with Gasteiger partial charge in [-0.2, -0.15) is 0 Å². The fourth-order valence-electron chi connectivity index (χ4n) is 1.89. The van der Waals surface area contributed by atoms with Gasteiger partial charge in [0.2, 0.25) is 10.0 Å². The Morgan fingerprint density at radius 1 is 1.15 bits per heavy atom. The standard InChI is InChI=1S/C14H25N3O2S/c1-11(2)14(9-15)16-10-12(3)17-20(18,19)13-7-5-4-6-8-13/h4-8,11-12,14,16-17H,9-10,15H2,1-3H3/t12-,14+/m0/s1. The highest BCUT2D eigenvalue weighted by Gasteiger charge is 2.18. The van der Waals surface area contributed by atoms with Crippen molar-refractivity contribution in [2.24, 2.45) is 11.7 Å². The minimum atomic E-state index is -3.46. The van der Waals surface area contributed by atoms with E-state index in [9.17, 15) is 8.42 Å². The van der Waals surface area contributed by atoms with E-state index >= 15 is 0 Å². The van der Waals surface area contributed by atoms with E-state index in [0.29, 0.717) is 19.0 Å². The zero-order valence-electron chi connectivity index (χ0n) is 12.3. The molecule has 0 aliphatic heterocycles. The summed E-state index contributed by atoms with van der Waals surface area (Å²) in [6.07, 6.45) is 0. The lowest BCUT2D eigenvalue weighted by molar-refractivity contribution is 0.391. The Morgan fingerprint density at radius 2 is 1.75 bits per heavy atom. The van der Waals surface area contributed by atoms with Gasteiger partial charge in [0.05, 0.1) is 4.90 Å². The minimum absolute atomic E-state index is 0.193. The van der Waals surface area contributed by atoms with Gasteiger partial charge in [-0.1, -0.05) is 32.0 Å². The second kappa shape index (κ2) is 7.73. The van der Waals surface area contributed by atoms with Crippen LogP contribution in [-0.2, 0) is 10.0 Å². The Kier molecular flexibility index (Phi) is 6.61. The second-order valence-electron chi connectivity index (χ2n) is 5.33. The summed E-state index contributed by atoms with van der Waals surface area (Å²) in [4.78, 5) is 0.283. The van der Waals surface area contributed by atoms with Gasteiger partial charge in [0.15, 0.2) is 0 Å². The smallest absolute Gasteiger partial charge is 0.240 e. The van der Waals surface area contributed by atoms with Crippen molar-refractivity contribution in [1.82, 2.24) is 10.0 Å². The molecule has 0 aliphatic rings. The molecule has 0 spiro atoms. The maximum absolute atomic E-state index is 12.1. The third-order valence-electron chi connectivity index (χ3n) is 3.15. The molecule has 2 atom stereocenters. The number of rotatable bonds is 8. The number of nitrogens with one attached hydrogen (secondary N) is 2. The van der Waals surface area contributed by atoms with E-state index in [-0.39, 0.29) is 17.0 Å². The fourth-order valence-corrected chi connectivity index (χ4v) is 3.16. The molecule has 0 fully saturated rings. The molecule has 1 rings (SSSR count). The third kappa shape index (κ3) is 5.20. The van der Waals surface area contributed by atoms with Crippen LogP contribution >= 0.6 is 0 Å². The molecule has 0 amide bonds. The van der Waals surface area contributed by atoms with Crippen molar-refractivity contribution in [3.63, 3.8) is 0 Å². The monoisotopic (exact) mass is 299 g/mol. The van der Waals surface area contributed by atoms with Crippen LogP contribution in [0.1, 0.15) is 20.8 Å². The van der Waals surface area contributed by atoms with Gasteiger partial charge < -0.3 is 11.1 Å². The van der Waals surface area contributed by atoms with Gasteiger partial charge in [0, 0.05) is 25.2 Å². The number of hydrogen-bond acceptors (Lipinski definition) is 4. The zero-order chi connectivity index (χ0) is 15.2. The number of hydrogen-bond donors (Lipinski definition) is 3. The number of benzene rings is 1. The average molecular weight is 299 g/mol. The van der Waals surface area contributed by atoms with Crippen LogP contribution in [0.4, 0.5) is 0 Å². The maximum Gasteiger partial charge on any atom is 0.240 e. The minimum Gasteiger partial charge on any atom is -0.329 e. The van der Waals surface area contributed by atoms with Gasteiger partial charge >= 0.3 is 0 Å². The van der Waals surface area contributed by atoms with Crippen molar-refractivity contribution in [3.05, 3.63) is 30.3 Å². The van der Waals surface area contributed by atoms with Crippen LogP contribution in [0.25, 0.3) is 0 Å². The first-order valence-electron chi connectivity index (χ1n) is 6.87. The van der Waals surface area contributed by atoms with Gasteiger partial charge in [-0.15, -0.1) is 0 Å². The molecule has 0 saturated carbocycles. The van der Waals surface area contributed by atoms with Crippen LogP contribution in [0.15, 0.2) is 35.2 Å². The third-order valence-corrected chi connectivity index (χ3v) is 4.76. The quantitative estimate of drug-likeness (QED) is 0.666. The lowest BCUT2D eigenvalue weighted by atomic mass is 10.0. The van der Waals surface area contributed by atoms with Gasteiger partial charge in [-0.3, -0.25) is 0 Å². The molecule has 5 nitrogen and oxygen atoms in total. The van der Waals surface area contributed by atoms with Crippen LogP contribution in [0.2, 0.25) is 0 Å². The van der Waals surface area contributed by atoms with Crippen LogP contribution < -0.4 is 15.8 Å². The van der Waals surface area contributed by atoms with E-state index in [1.165, 1.54) is 0 Å². The van der Waals surface area contributed by atoms with Crippen LogP contribution in [0.5, 0.6) is 0 Å². The molecule has 1 aromatic carbocycles. The highest BCUT2D eigenvalue weighted by molar-refractivity contribution is 7.89. The predicted molar refractivity (Wildman–Crippen MR) is 81.9 cm³/mol. The van der Waals surface area contributed by atoms with Gasteiger partial charge in [0.25, 0.3) is 0 Å². The lowest BCUT2D eigenvalue weighted by Crippen LogP contribution is -2.47. The lowest BCUT2D eigenvalue weighted by Gasteiger charge is -2.23. The first kappa shape index (κ1) is 17.1. The molecule has 1 aromatic rings. The molecule has 0 aromatic heterocycles. The van der Waals surface area contributed by atoms with E-state index in [2.05, 4.69) is 23.9 Å². The van der Waals surface area contributed by atoms with Gasteiger partial charge in [0.1, 0.15) is 0 Å². The number of sulfonamides is 1. The summed E-state index contributed by atoms with van der Waals surface area (Å²) in [5, 5.41) is 3.29. The zero-order valence-corrected chi connectivity index (χ0v) is 13.2. The first-order chi connectivity index (χ1) is 9.36. The highest BCUT2D eigenvalue weighted by Crippen LogP contribution is 2.08. The summed E-state index contributed by atoms with van der Waals surface area (Å²) in [5.41, 5.74) is 5.68. The van der Waals surface area contributed by atoms with Crippen LogP contribution in [0.3, 0.4) is 0 Å². The van der Waals surface area contributed by atoms with Gasteiger partial charge in [-0.25, -0.2) is 13.1 Å². The largest absolute Gasteiger partial charge is 0.329 e. The number of nitrogens with two attached hydrogens (primary N) is 1. The molecule has 0 bridgehead atoms. The Hall–Kier alpha value is -0.950. The summed E-state index contributed by atoms with van der Waals surface area (Å²) >= 11 is 0. The van der Waals surface area contributed by atoms with Crippen molar-refractivity contribution in [2.45, 2.75) is 37.8 Å². The van der Waals surface area contributed by atoms with Crippen molar-refractivity contribution < 1.29 is 8.42 Å². The molecule has 4 N–H and O–H groups in total. The molecule has 0 aliphatic carbocycles. The molecule has 114 valence electrons. The van der Waals surface area contributed by atoms with E-state index in [4.69, 9.17) is 5.73 Å². The normalized spacial score (nSPS) is 15.2.